The molecule has 2 saturated heterocycles. The smallest absolute Gasteiger partial charge is 0.487 e. The van der Waals surface area contributed by atoms with Gasteiger partial charge < -0.3 is 20.1 Å². The Morgan fingerprint density at radius 2 is 1.72 bits per heavy atom. The molecule has 2 amide bonds. The monoisotopic (exact) mass is 542 g/mol. The second-order valence-corrected chi connectivity index (χ2v) is 10.7. The third-order valence-electron chi connectivity index (χ3n) is 8.16. The maximum Gasteiger partial charge on any atom is 0.487 e. The Hall–Kier alpha value is -3.59. The highest BCUT2D eigenvalue weighted by Gasteiger charge is 2.58. The number of hydrogen-bond acceptors (Lipinski definition) is 6. The van der Waals surface area contributed by atoms with E-state index in [9.17, 15) is 19.7 Å². The van der Waals surface area contributed by atoms with E-state index in [0.717, 1.165) is 22.4 Å². The zero-order chi connectivity index (χ0) is 27.3. The zero-order valence-corrected chi connectivity index (χ0v) is 22.1. The van der Waals surface area contributed by atoms with E-state index in [-0.39, 0.29) is 23.5 Å². The molecule has 0 spiro atoms. The summed E-state index contributed by atoms with van der Waals surface area (Å²) in [6, 6.07) is 21.7. The molecule has 3 aliphatic rings. The standard InChI is InChI=1S/C30H28BClN2O5/c1-2-17-14-24-27(23-16-26(39-31(38)28(17)23)22-13-12-21(35)15-25(22)32)30(37)34(29(24)36)20-10-8-19(9-11-20)33-18-6-4-3-5-7-18/h3-13,15,23-24,26-27,33,35,38H,2,14,16H2,1H3/t23-,24-,26-,27+/m0/s1. The van der Waals surface area contributed by atoms with Crippen LogP contribution in [0.15, 0.2) is 83.8 Å². The second-order valence-electron chi connectivity index (χ2n) is 10.3. The molecule has 2 aliphatic heterocycles. The lowest BCUT2D eigenvalue weighted by atomic mass is 9.55. The molecule has 4 atom stereocenters. The van der Waals surface area contributed by atoms with E-state index in [0.29, 0.717) is 35.5 Å². The van der Waals surface area contributed by atoms with Crippen LogP contribution in [0.5, 0.6) is 5.75 Å². The van der Waals surface area contributed by atoms with Crippen molar-refractivity contribution in [1.29, 1.82) is 0 Å². The van der Waals surface area contributed by atoms with E-state index in [1.165, 1.54) is 17.0 Å². The van der Waals surface area contributed by atoms with Crippen molar-refractivity contribution in [3.8, 4) is 5.75 Å². The van der Waals surface area contributed by atoms with Crippen molar-refractivity contribution in [2.75, 3.05) is 10.2 Å². The maximum atomic E-state index is 13.9. The van der Waals surface area contributed by atoms with E-state index < -0.39 is 25.1 Å². The molecule has 3 aromatic carbocycles. The number of carbonyl (C=O) groups is 2. The first-order valence-electron chi connectivity index (χ1n) is 13.2. The third kappa shape index (κ3) is 4.52. The molecule has 0 radical (unpaired) electrons. The first-order chi connectivity index (χ1) is 18.9. The number of nitrogens with zero attached hydrogens (tertiary/aromatic N) is 1. The number of aromatic hydroxyl groups is 1. The zero-order valence-electron chi connectivity index (χ0n) is 21.4. The lowest BCUT2D eigenvalue weighted by molar-refractivity contribution is -0.123. The van der Waals surface area contributed by atoms with Crippen LogP contribution >= 0.6 is 11.6 Å². The number of imide groups is 1. The number of halogens is 1. The van der Waals surface area contributed by atoms with E-state index in [1.54, 1.807) is 18.2 Å². The summed E-state index contributed by atoms with van der Waals surface area (Å²) >= 11 is 6.40. The summed E-state index contributed by atoms with van der Waals surface area (Å²) in [7, 11) is -1.20. The molecule has 6 rings (SSSR count). The summed E-state index contributed by atoms with van der Waals surface area (Å²) in [4.78, 5) is 28.9. The van der Waals surface area contributed by atoms with Crippen LogP contribution in [0.2, 0.25) is 5.02 Å². The van der Waals surface area contributed by atoms with Gasteiger partial charge in [-0.1, -0.05) is 48.4 Å². The number of para-hydroxylation sites is 1. The van der Waals surface area contributed by atoms with Gasteiger partial charge in [0.15, 0.2) is 0 Å². The first kappa shape index (κ1) is 25.7. The number of phenols is 1. The average Bonchev–Trinajstić information content (AvgIpc) is 3.18. The minimum Gasteiger partial charge on any atom is -0.508 e. The van der Waals surface area contributed by atoms with Crippen LogP contribution in [-0.2, 0) is 14.2 Å². The van der Waals surface area contributed by atoms with Crippen molar-refractivity contribution in [1.82, 2.24) is 0 Å². The lowest BCUT2D eigenvalue weighted by Gasteiger charge is -2.42. The van der Waals surface area contributed by atoms with Gasteiger partial charge in [0.05, 0.1) is 23.6 Å². The minimum absolute atomic E-state index is 0.0314. The minimum atomic E-state index is -1.20. The van der Waals surface area contributed by atoms with Gasteiger partial charge in [0.2, 0.25) is 11.8 Å². The van der Waals surface area contributed by atoms with Crippen molar-refractivity contribution in [3.63, 3.8) is 0 Å². The molecule has 39 heavy (non-hydrogen) atoms. The molecule has 1 aliphatic carbocycles. The Labute approximate surface area is 232 Å². The predicted molar refractivity (Wildman–Crippen MR) is 151 cm³/mol. The molecule has 0 bridgehead atoms. The van der Waals surface area contributed by atoms with Crippen LogP contribution in [0.4, 0.5) is 17.1 Å². The van der Waals surface area contributed by atoms with Crippen LogP contribution in [0.25, 0.3) is 0 Å². The highest BCUT2D eigenvalue weighted by Crippen LogP contribution is 2.53. The molecule has 9 heteroatoms. The molecular formula is C30H28BClN2O5. The fraction of sp³-hybridized carbons (Fsp3) is 0.267. The van der Waals surface area contributed by atoms with Crippen LogP contribution in [0, 0.1) is 17.8 Å². The van der Waals surface area contributed by atoms with Gasteiger partial charge in [-0.05, 0) is 84.7 Å². The maximum absolute atomic E-state index is 13.9. The molecule has 0 unspecified atom stereocenters. The largest absolute Gasteiger partial charge is 0.508 e. The number of allylic oxidation sites excluding steroid dienone is 2. The number of fused-ring (bicyclic) bond motifs is 3. The van der Waals surface area contributed by atoms with Gasteiger partial charge in [-0.3, -0.25) is 14.5 Å². The Balaban J connectivity index is 1.30. The number of carbonyl (C=O) groups excluding carboxylic acids is 2. The van der Waals surface area contributed by atoms with Crippen molar-refractivity contribution < 1.29 is 24.4 Å². The molecule has 3 aromatic rings. The second kappa shape index (κ2) is 10.2. The highest BCUT2D eigenvalue weighted by atomic mass is 35.5. The number of amides is 2. The molecular weight excluding hydrogens is 515 g/mol. The van der Waals surface area contributed by atoms with Gasteiger partial charge in [-0.15, -0.1) is 0 Å². The molecule has 7 nitrogen and oxygen atoms in total. The van der Waals surface area contributed by atoms with Crippen molar-refractivity contribution in [2.24, 2.45) is 17.8 Å². The number of anilines is 3. The van der Waals surface area contributed by atoms with E-state index >= 15 is 0 Å². The molecule has 2 heterocycles. The van der Waals surface area contributed by atoms with E-state index in [2.05, 4.69) is 5.32 Å². The Bertz CT molecular complexity index is 1460. The lowest BCUT2D eigenvalue weighted by Crippen LogP contribution is -2.44. The van der Waals surface area contributed by atoms with Gasteiger partial charge in [0.1, 0.15) is 5.75 Å². The summed E-state index contributed by atoms with van der Waals surface area (Å²) in [6.07, 6.45) is 0.890. The fourth-order valence-electron chi connectivity index (χ4n) is 6.36. The van der Waals surface area contributed by atoms with Crippen molar-refractivity contribution in [3.05, 3.63) is 94.4 Å². The van der Waals surface area contributed by atoms with Crippen LogP contribution < -0.4 is 10.2 Å². The summed E-state index contributed by atoms with van der Waals surface area (Å²) in [5.41, 5.74) is 4.63. The number of phenolic OH excluding ortho intramolecular Hbond substituents is 1. The van der Waals surface area contributed by atoms with Gasteiger partial charge in [0.25, 0.3) is 0 Å². The van der Waals surface area contributed by atoms with Gasteiger partial charge in [-0.25, -0.2) is 0 Å². The Morgan fingerprint density at radius 3 is 2.41 bits per heavy atom. The van der Waals surface area contributed by atoms with Crippen LogP contribution in [-0.4, -0.2) is 29.1 Å². The third-order valence-corrected chi connectivity index (χ3v) is 8.48. The van der Waals surface area contributed by atoms with E-state index in [4.69, 9.17) is 16.3 Å². The number of nitrogens with one attached hydrogen (secondary N) is 1. The topological polar surface area (TPSA) is 99.1 Å². The summed E-state index contributed by atoms with van der Waals surface area (Å²) in [5, 5.41) is 24.5. The average molecular weight is 543 g/mol. The van der Waals surface area contributed by atoms with Crippen LogP contribution in [0.3, 0.4) is 0 Å². The normalized spacial score (nSPS) is 24.6. The van der Waals surface area contributed by atoms with Gasteiger partial charge in [-0.2, -0.15) is 0 Å². The molecule has 0 aromatic heterocycles. The van der Waals surface area contributed by atoms with Crippen LogP contribution in [0.1, 0.15) is 37.9 Å². The molecule has 198 valence electrons. The number of benzene rings is 3. The fourth-order valence-corrected chi connectivity index (χ4v) is 6.66. The molecule has 3 N–H and O–H groups in total. The van der Waals surface area contributed by atoms with Crippen molar-refractivity contribution in [2.45, 2.75) is 32.3 Å². The Morgan fingerprint density at radius 1 is 1.00 bits per heavy atom. The quantitative estimate of drug-likeness (QED) is 0.278. The number of hydrogen-bond donors (Lipinski definition) is 3. The SMILES string of the molecule is CCC1=C2B(O)O[C@H](c3ccc(O)cc3Cl)C[C@H]2[C@H]2C(=O)N(c3ccc(Nc4ccccc4)cc3)C(=O)[C@H]2C1. The molecule has 0 saturated carbocycles. The summed E-state index contributed by atoms with van der Waals surface area (Å²) in [6.45, 7) is 1.99. The summed E-state index contributed by atoms with van der Waals surface area (Å²) < 4.78 is 5.99. The van der Waals surface area contributed by atoms with E-state index in [1.807, 2.05) is 49.4 Å². The summed E-state index contributed by atoms with van der Waals surface area (Å²) in [5.74, 6) is -1.89. The molecule has 2 fully saturated rings. The first-order valence-corrected chi connectivity index (χ1v) is 13.6. The van der Waals surface area contributed by atoms with Crippen molar-refractivity contribution >= 4 is 47.6 Å². The van der Waals surface area contributed by atoms with Gasteiger partial charge in [0, 0.05) is 16.4 Å². The number of rotatable bonds is 5. The Kier molecular flexibility index (Phi) is 6.71. The highest BCUT2D eigenvalue weighted by molar-refractivity contribution is 6.53. The van der Waals surface area contributed by atoms with Gasteiger partial charge >= 0.3 is 7.12 Å². The predicted octanol–water partition coefficient (Wildman–Crippen LogP) is 5.80.